The van der Waals surface area contributed by atoms with Gasteiger partial charge in [-0.15, -0.1) is 0 Å². The highest BCUT2D eigenvalue weighted by molar-refractivity contribution is 5.80. The summed E-state index contributed by atoms with van der Waals surface area (Å²) in [6, 6.07) is -0.816. The third kappa shape index (κ3) is 38.6. The van der Waals surface area contributed by atoms with Gasteiger partial charge in [-0.2, -0.15) is 0 Å². The van der Waals surface area contributed by atoms with Crippen molar-refractivity contribution in [2.24, 2.45) is 0 Å². The summed E-state index contributed by atoms with van der Waals surface area (Å²) in [5.41, 5.74) is 0. The van der Waals surface area contributed by atoms with Crippen molar-refractivity contribution in [2.75, 3.05) is 6.61 Å². The lowest BCUT2D eigenvalue weighted by atomic mass is 10.0. The predicted molar refractivity (Wildman–Crippen MR) is 231 cm³/mol. The summed E-state index contributed by atoms with van der Waals surface area (Å²) in [5.74, 6) is -0.517. The molecule has 0 heterocycles. The van der Waals surface area contributed by atoms with Gasteiger partial charge in [0.1, 0.15) is 6.10 Å². The summed E-state index contributed by atoms with van der Waals surface area (Å²) in [6.07, 6.45) is 54.7. The summed E-state index contributed by atoms with van der Waals surface area (Å²) >= 11 is 0. The fraction of sp³-hybridized carbons (Fsp3) is 0.854. The number of aliphatic hydroxyl groups excluding tert-OH is 3. The molecule has 3 unspecified atom stereocenters. The van der Waals surface area contributed by atoms with Crippen molar-refractivity contribution in [3.05, 3.63) is 36.5 Å². The van der Waals surface area contributed by atoms with Gasteiger partial charge in [0.2, 0.25) is 5.91 Å². The number of aliphatic hydroxyl groups is 3. The maximum Gasteiger partial charge on any atom is 0.249 e. The average Bonchev–Trinajstić information content (AvgIpc) is 3.16. The van der Waals surface area contributed by atoms with Crippen LogP contribution in [0.15, 0.2) is 36.5 Å². The van der Waals surface area contributed by atoms with Gasteiger partial charge in [-0.05, 0) is 57.8 Å². The van der Waals surface area contributed by atoms with Gasteiger partial charge in [0.05, 0.1) is 18.8 Å². The first-order valence-corrected chi connectivity index (χ1v) is 23.3. The molecule has 53 heavy (non-hydrogen) atoms. The Balaban J connectivity index is 3.70. The van der Waals surface area contributed by atoms with Crippen molar-refractivity contribution in [2.45, 2.75) is 257 Å². The number of allylic oxidation sites excluding steroid dienone is 5. The minimum atomic E-state index is -1.11. The Morgan fingerprint density at radius 1 is 0.453 bits per heavy atom. The number of rotatable bonds is 42. The van der Waals surface area contributed by atoms with Crippen molar-refractivity contribution < 1.29 is 20.1 Å². The van der Waals surface area contributed by atoms with Crippen LogP contribution in [0.2, 0.25) is 0 Å². The monoisotopic (exact) mass is 746 g/mol. The van der Waals surface area contributed by atoms with Gasteiger partial charge < -0.3 is 20.6 Å². The Bertz CT molecular complexity index is 824. The number of nitrogens with one attached hydrogen (secondary N) is 1. The second kappa shape index (κ2) is 43.3. The maximum absolute atomic E-state index is 12.5. The van der Waals surface area contributed by atoms with Gasteiger partial charge in [-0.1, -0.05) is 217 Å². The van der Waals surface area contributed by atoms with Crippen LogP contribution in [-0.4, -0.2) is 46.1 Å². The molecule has 312 valence electrons. The van der Waals surface area contributed by atoms with Gasteiger partial charge in [-0.3, -0.25) is 4.79 Å². The van der Waals surface area contributed by atoms with Gasteiger partial charge in [-0.25, -0.2) is 0 Å². The molecule has 5 heteroatoms. The zero-order valence-electron chi connectivity index (χ0n) is 35.4. The van der Waals surface area contributed by atoms with E-state index in [1.54, 1.807) is 6.08 Å². The van der Waals surface area contributed by atoms with Crippen LogP contribution in [0.3, 0.4) is 0 Å². The van der Waals surface area contributed by atoms with Crippen molar-refractivity contribution >= 4 is 5.91 Å². The van der Waals surface area contributed by atoms with E-state index in [1.165, 1.54) is 180 Å². The van der Waals surface area contributed by atoms with E-state index in [0.29, 0.717) is 6.42 Å². The van der Waals surface area contributed by atoms with Gasteiger partial charge in [0, 0.05) is 0 Å². The molecule has 0 saturated carbocycles. The second-order valence-electron chi connectivity index (χ2n) is 16.0. The van der Waals surface area contributed by atoms with Crippen LogP contribution in [0.25, 0.3) is 0 Å². The Morgan fingerprint density at radius 3 is 1.15 bits per heavy atom. The van der Waals surface area contributed by atoms with Crippen LogP contribution in [0.1, 0.15) is 239 Å². The highest BCUT2D eigenvalue weighted by Crippen LogP contribution is 2.15. The lowest BCUT2D eigenvalue weighted by molar-refractivity contribution is -0.131. The number of carbonyl (C=O) groups excluding carboxylic acids is 1. The SMILES string of the molecule is CCCCCCCCCC/C=C\CCCCCCCCC(O)C(=O)NC(CO)C(O)/C=C/CC/C=C/CCCCCCCCCCCCCCCCC. The fourth-order valence-corrected chi connectivity index (χ4v) is 7.02. The number of carbonyl (C=O) groups is 1. The van der Waals surface area contributed by atoms with Crippen LogP contribution in [0.5, 0.6) is 0 Å². The standard InChI is InChI=1S/C48H91NO4/c1-3-5-7-9-11-13-15-17-19-21-23-24-25-27-28-30-32-34-36-38-40-42-46(51)45(44-50)49-48(53)47(52)43-41-39-37-35-33-31-29-26-22-20-18-16-14-12-10-8-6-4-2/h22,26,32,34,40,42,45-47,50-52H,3-21,23-25,27-31,33,35-39,41,43-44H2,1-2H3,(H,49,53)/b26-22-,34-32+,42-40+. The number of unbranched alkanes of at least 4 members (excludes halogenated alkanes) is 30. The first-order chi connectivity index (χ1) is 26.1. The van der Waals surface area contributed by atoms with Crippen LogP contribution in [0, 0.1) is 0 Å². The summed E-state index contributed by atoms with van der Waals surface area (Å²) in [7, 11) is 0. The van der Waals surface area contributed by atoms with Crippen LogP contribution < -0.4 is 5.32 Å². The zero-order chi connectivity index (χ0) is 38.7. The molecule has 0 aliphatic heterocycles. The molecule has 5 nitrogen and oxygen atoms in total. The quantitative estimate of drug-likeness (QED) is 0.0370. The van der Waals surface area contributed by atoms with E-state index >= 15 is 0 Å². The molecule has 0 saturated heterocycles. The smallest absolute Gasteiger partial charge is 0.249 e. The predicted octanol–water partition coefficient (Wildman–Crippen LogP) is 13.5. The van der Waals surface area contributed by atoms with E-state index in [-0.39, 0.29) is 6.61 Å². The van der Waals surface area contributed by atoms with Crippen LogP contribution >= 0.6 is 0 Å². The minimum absolute atomic E-state index is 0.377. The largest absolute Gasteiger partial charge is 0.394 e. The van der Waals surface area contributed by atoms with Gasteiger partial charge in [0.25, 0.3) is 0 Å². The van der Waals surface area contributed by atoms with E-state index < -0.39 is 24.2 Å². The molecular weight excluding hydrogens is 655 g/mol. The second-order valence-corrected chi connectivity index (χ2v) is 16.0. The van der Waals surface area contributed by atoms with E-state index in [9.17, 15) is 20.1 Å². The minimum Gasteiger partial charge on any atom is -0.394 e. The fourth-order valence-electron chi connectivity index (χ4n) is 7.02. The molecule has 0 fully saturated rings. The summed E-state index contributed by atoms with van der Waals surface area (Å²) in [6.45, 7) is 4.18. The number of hydrogen-bond acceptors (Lipinski definition) is 4. The first-order valence-electron chi connectivity index (χ1n) is 23.3. The molecule has 4 N–H and O–H groups in total. The van der Waals surface area contributed by atoms with Gasteiger partial charge in [0.15, 0.2) is 0 Å². The van der Waals surface area contributed by atoms with Crippen molar-refractivity contribution in [3.8, 4) is 0 Å². The topological polar surface area (TPSA) is 89.8 Å². The molecule has 0 aromatic heterocycles. The molecule has 1 amide bonds. The Hall–Kier alpha value is -1.43. The normalized spacial score (nSPS) is 13.8. The summed E-state index contributed by atoms with van der Waals surface area (Å²) in [5, 5.41) is 33.2. The van der Waals surface area contributed by atoms with E-state index in [0.717, 1.165) is 38.5 Å². The molecule has 0 aliphatic rings. The highest BCUT2D eigenvalue weighted by atomic mass is 16.3. The first kappa shape index (κ1) is 51.6. The van der Waals surface area contributed by atoms with Crippen molar-refractivity contribution in [1.29, 1.82) is 0 Å². The molecule has 3 atom stereocenters. The molecule has 0 spiro atoms. The molecule has 0 aliphatic carbocycles. The number of amides is 1. The van der Waals surface area contributed by atoms with E-state index in [4.69, 9.17) is 0 Å². The lowest BCUT2D eigenvalue weighted by Crippen LogP contribution is -2.48. The molecule has 0 aromatic rings. The Kier molecular flexibility index (Phi) is 42.1. The van der Waals surface area contributed by atoms with E-state index in [2.05, 4.69) is 43.5 Å². The molecule has 0 bridgehead atoms. The molecular formula is C48H91NO4. The highest BCUT2D eigenvalue weighted by Gasteiger charge is 2.22. The van der Waals surface area contributed by atoms with Crippen LogP contribution in [-0.2, 0) is 4.79 Å². The summed E-state index contributed by atoms with van der Waals surface area (Å²) in [4.78, 5) is 12.5. The Labute approximate surface area is 330 Å². The Morgan fingerprint density at radius 2 is 0.774 bits per heavy atom. The average molecular weight is 746 g/mol. The number of hydrogen-bond donors (Lipinski definition) is 4. The third-order valence-corrected chi connectivity index (χ3v) is 10.7. The lowest BCUT2D eigenvalue weighted by Gasteiger charge is -2.21. The van der Waals surface area contributed by atoms with E-state index in [1.807, 2.05) is 6.08 Å². The zero-order valence-corrected chi connectivity index (χ0v) is 35.4. The van der Waals surface area contributed by atoms with Crippen molar-refractivity contribution in [1.82, 2.24) is 5.32 Å². The summed E-state index contributed by atoms with van der Waals surface area (Å²) < 4.78 is 0. The van der Waals surface area contributed by atoms with Crippen LogP contribution in [0.4, 0.5) is 0 Å². The molecule has 0 radical (unpaired) electrons. The van der Waals surface area contributed by atoms with Crippen molar-refractivity contribution in [3.63, 3.8) is 0 Å². The molecule has 0 rings (SSSR count). The maximum atomic E-state index is 12.5. The van der Waals surface area contributed by atoms with Gasteiger partial charge >= 0.3 is 0 Å². The molecule has 0 aromatic carbocycles. The third-order valence-electron chi connectivity index (χ3n) is 10.7.